The van der Waals surface area contributed by atoms with Gasteiger partial charge < -0.3 is 4.74 Å². The summed E-state index contributed by atoms with van der Waals surface area (Å²) in [5.74, 6) is 1.84. The average Bonchev–Trinajstić information content (AvgIpc) is 2.77. The molecule has 0 atom stereocenters. The fraction of sp³-hybridized carbons (Fsp3) is 0.654. The number of benzene rings is 1. The quantitative estimate of drug-likeness (QED) is 0.246. The minimum Gasteiger partial charge on any atom is -0.426 e. The van der Waals surface area contributed by atoms with Gasteiger partial charge in [0.05, 0.1) is 11.5 Å². The first kappa shape index (κ1) is 23.9. The third kappa shape index (κ3) is 7.40. The minimum absolute atomic E-state index is 0.166. The van der Waals surface area contributed by atoms with Crippen molar-refractivity contribution in [2.45, 2.75) is 83.7 Å². The average molecular weight is 437 g/mol. The van der Waals surface area contributed by atoms with E-state index in [4.69, 9.17) is 4.74 Å². The molecule has 2 aliphatic carbocycles. The molecule has 1 aromatic rings. The number of allylic oxidation sites excluding steroid dienone is 2. The maximum absolute atomic E-state index is 12.6. The zero-order chi connectivity index (χ0) is 22.3. The molecule has 0 aromatic heterocycles. The summed E-state index contributed by atoms with van der Waals surface area (Å²) in [5, 5.41) is 0. The van der Waals surface area contributed by atoms with E-state index in [9.17, 15) is 18.0 Å². The van der Waals surface area contributed by atoms with Crippen LogP contribution in [0.15, 0.2) is 36.4 Å². The number of alkyl halides is 3. The summed E-state index contributed by atoms with van der Waals surface area (Å²) in [4.78, 5) is 12.4. The number of carbonyl (C=O) groups excluding carboxylic acids is 1. The van der Waals surface area contributed by atoms with Crippen molar-refractivity contribution in [2.75, 3.05) is 0 Å². The topological polar surface area (TPSA) is 26.3 Å². The Balaban J connectivity index is 1.38. The molecule has 0 heterocycles. The molecule has 0 N–H and O–H groups in total. The van der Waals surface area contributed by atoms with E-state index in [-0.39, 0.29) is 17.6 Å². The lowest BCUT2D eigenvalue weighted by Crippen LogP contribution is -2.25. The van der Waals surface area contributed by atoms with Gasteiger partial charge in [-0.25, -0.2) is 0 Å². The van der Waals surface area contributed by atoms with Crippen LogP contribution in [0.2, 0.25) is 0 Å². The van der Waals surface area contributed by atoms with Crippen LogP contribution in [0.3, 0.4) is 0 Å². The van der Waals surface area contributed by atoms with Gasteiger partial charge in [0.15, 0.2) is 0 Å². The maximum atomic E-state index is 12.6. The van der Waals surface area contributed by atoms with Crippen molar-refractivity contribution in [1.82, 2.24) is 0 Å². The smallest absolute Gasteiger partial charge is 0.416 e. The molecule has 2 fully saturated rings. The Morgan fingerprint density at radius 2 is 1.48 bits per heavy atom. The van der Waals surface area contributed by atoms with E-state index in [1.165, 1.54) is 57.1 Å². The summed E-state index contributed by atoms with van der Waals surface area (Å²) in [6.45, 7) is 2.26. The fourth-order valence-electron chi connectivity index (χ4n) is 4.94. The van der Waals surface area contributed by atoms with Crippen molar-refractivity contribution in [3.63, 3.8) is 0 Å². The number of hydrogen-bond donors (Lipinski definition) is 0. The monoisotopic (exact) mass is 436 g/mol. The highest BCUT2D eigenvalue weighted by molar-refractivity contribution is 5.75. The van der Waals surface area contributed by atoms with E-state index >= 15 is 0 Å². The Labute approximate surface area is 184 Å². The summed E-state index contributed by atoms with van der Waals surface area (Å²) in [6, 6.07) is 4.32. The number of carbonyl (C=O) groups is 1. The van der Waals surface area contributed by atoms with Crippen LogP contribution in [0.25, 0.3) is 0 Å². The Bertz CT molecular complexity index is 707. The van der Waals surface area contributed by atoms with E-state index in [0.29, 0.717) is 11.8 Å². The molecule has 2 aliphatic rings. The largest absolute Gasteiger partial charge is 0.426 e. The van der Waals surface area contributed by atoms with Gasteiger partial charge in [0, 0.05) is 0 Å². The number of esters is 1. The molecule has 1 aromatic carbocycles. The molecular formula is C26H35F3O2. The molecule has 2 saturated carbocycles. The second kappa shape index (κ2) is 11.2. The van der Waals surface area contributed by atoms with Crippen molar-refractivity contribution in [2.24, 2.45) is 23.7 Å². The molecule has 0 unspecified atom stereocenters. The zero-order valence-corrected chi connectivity index (χ0v) is 18.5. The van der Waals surface area contributed by atoms with Crippen molar-refractivity contribution in [3.05, 3.63) is 42.0 Å². The maximum Gasteiger partial charge on any atom is 0.416 e. The molecule has 5 heteroatoms. The van der Waals surface area contributed by atoms with E-state index in [1.54, 1.807) is 0 Å². The Morgan fingerprint density at radius 3 is 2.00 bits per heavy atom. The lowest BCUT2D eigenvalue weighted by molar-refractivity contribution is -0.140. The van der Waals surface area contributed by atoms with Gasteiger partial charge in [-0.3, -0.25) is 4.79 Å². The number of ether oxygens (including phenoxy) is 1. The standard InChI is InChI=1S/C26H35F3O2/c1-2-3-4-19-5-7-20(8-6-19)9-10-21-11-13-22(14-12-21)25(30)31-24-17-15-23(16-18-24)26(27,28)29/h9-10,15-22H,2-8,11-14H2,1H3. The molecule has 0 spiro atoms. The van der Waals surface area contributed by atoms with Crippen molar-refractivity contribution >= 4 is 5.97 Å². The highest BCUT2D eigenvalue weighted by Crippen LogP contribution is 2.35. The first-order chi connectivity index (χ1) is 14.8. The van der Waals surface area contributed by atoms with E-state index in [0.717, 1.165) is 43.7 Å². The number of rotatable bonds is 7. The molecule has 172 valence electrons. The minimum atomic E-state index is -4.39. The van der Waals surface area contributed by atoms with Gasteiger partial charge in [-0.2, -0.15) is 13.2 Å². The normalized spacial score (nSPS) is 27.4. The van der Waals surface area contributed by atoms with Crippen molar-refractivity contribution in [3.8, 4) is 5.75 Å². The van der Waals surface area contributed by atoms with Crippen LogP contribution < -0.4 is 4.74 Å². The van der Waals surface area contributed by atoms with E-state index in [1.807, 2.05) is 0 Å². The molecular weight excluding hydrogens is 401 g/mol. The predicted octanol–water partition coefficient (Wildman–Crippen LogP) is 7.97. The summed E-state index contributed by atoms with van der Waals surface area (Å²) in [6.07, 6.45) is 13.3. The molecule has 0 amide bonds. The second-order valence-corrected chi connectivity index (χ2v) is 9.36. The van der Waals surface area contributed by atoms with Crippen LogP contribution in [-0.2, 0) is 11.0 Å². The van der Waals surface area contributed by atoms with Crippen LogP contribution in [0.5, 0.6) is 5.75 Å². The first-order valence-electron chi connectivity index (χ1n) is 11.9. The van der Waals surface area contributed by atoms with Gasteiger partial charge >= 0.3 is 12.1 Å². The molecule has 0 aliphatic heterocycles. The summed E-state index contributed by atoms with van der Waals surface area (Å²) in [5.41, 5.74) is -0.742. The Kier molecular flexibility index (Phi) is 8.62. The molecule has 3 rings (SSSR count). The Morgan fingerprint density at radius 1 is 0.935 bits per heavy atom. The lowest BCUT2D eigenvalue weighted by Gasteiger charge is -2.28. The summed E-state index contributed by atoms with van der Waals surface area (Å²) < 4.78 is 43.2. The van der Waals surface area contributed by atoms with Crippen LogP contribution in [0.4, 0.5) is 13.2 Å². The van der Waals surface area contributed by atoms with Crippen LogP contribution in [-0.4, -0.2) is 5.97 Å². The Hall–Kier alpha value is -1.78. The second-order valence-electron chi connectivity index (χ2n) is 9.36. The van der Waals surface area contributed by atoms with Gasteiger partial charge in [0.25, 0.3) is 0 Å². The predicted molar refractivity (Wildman–Crippen MR) is 117 cm³/mol. The van der Waals surface area contributed by atoms with Gasteiger partial charge in [-0.05, 0) is 93.4 Å². The van der Waals surface area contributed by atoms with E-state index in [2.05, 4.69) is 19.1 Å². The van der Waals surface area contributed by atoms with Gasteiger partial charge in [-0.1, -0.05) is 38.3 Å². The zero-order valence-electron chi connectivity index (χ0n) is 18.5. The number of hydrogen-bond acceptors (Lipinski definition) is 2. The summed E-state index contributed by atoms with van der Waals surface area (Å²) in [7, 11) is 0. The number of unbranched alkanes of at least 4 members (excludes halogenated alkanes) is 1. The molecule has 0 bridgehead atoms. The van der Waals surface area contributed by atoms with Crippen LogP contribution in [0.1, 0.15) is 83.1 Å². The molecule has 31 heavy (non-hydrogen) atoms. The van der Waals surface area contributed by atoms with Crippen molar-refractivity contribution < 1.29 is 22.7 Å². The SMILES string of the molecule is CCCCC1CCC(C=CC2CCC(C(=O)Oc3ccc(C(F)(F)F)cc3)CC2)CC1. The first-order valence-corrected chi connectivity index (χ1v) is 11.9. The fourth-order valence-corrected chi connectivity index (χ4v) is 4.94. The van der Waals surface area contributed by atoms with Gasteiger partial charge in [0.2, 0.25) is 0 Å². The number of halogens is 3. The van der Waals surface area contributed by atoms with Crippen LogP contribution >= 0.6 is 0 Å². The molecule has 0 radical (unpaired) electrons. The third-order valence-corrected chi connectivity index (χ3v) is 7.02. The molecule has 0 saturated heterocycles. The van der Waals surface area contributed by atoms with E-state index < -0.39 is 11.7 Å². The van der Waals surface area contributed by atoms with Crippen LogP contribution in [0, 0.1) is 23.7 Å². The highest BCUT2D eigenvalue weighted by Gasteiger charge is 2.31. The lowest BCUT2D eigenvalue weighted by atomic mass is 9.78. The highest BCUT2D eigenvalue weighted by atomic mass is 19.4. The van der Waals surface area contributed by atoms with Gasteiger partial charge in [0.1, 0.15) is 5.75 Å². The third-order valence-electron chi connectivity index (χ3n) is 7.02. The van der Waals surface area contributed by atoms with Crippen molar-refractivity contribution in [1.29, 1.82) is 0 Å². The van der Waals surface area contributed by atoms with Gasteiger partial charge in [-0.15, -0.1) is 0 Å². The summed E-state index contributed by atoms with van der Waals surface area (Å²) >= 11 is 0. The molecule has 2 nitrogen and oxygen atoms in total.